The van der Waals surface area contributed by atoms with Crippen molar-refractivity contribution < 1.29 is 4.39 Å². The van der Waals surface area contributed by atoms with Gasteiger partial charge >= 0.3 is 0 Å². The molecule has 0 saturated heterocycles. The maximum atomic E-state index is 12.8. The van der Waals surface area contributed by atoms with Crippen molar-refractivity contribution in [3.63, 3.8) is 0 Å². The topological polar surface area (TPSA) is 77.4 Å². The molecule has 2 aromatic rings. The van der Waals surface area contributed by atoms with Gasteiger partial charge in [-0.2, -0.15) is 10.4 Å². The van der Waals surface area contributed by atoms with Crippen molar-refractivity contribution in [1.82, 2.24) is 15.2 Å². The third kappa shape index (κ3) is 1.68. The van der Waals surface area contributed by atoms with E-state index >= 15 is 0 Å². The van der Waals surface area contributed by atoms with Gasteiger partial charge in [-0.1, -0.05) is 11.6 Å². The smallest absolute Gasteiger partial charge is 0.159 e. The standard InChI is InChI=1S/C11H9ClFN5/c12-10-7(3-14)9(16-6-1-5(13)2-6)8-4-15-18-11(8)17-10/h4-6H,1-2H2,(H2,15,16,17,18). The maximum Gasteiger partial charge on any atom is 0.159 e. The van der Waals surface area contributed by atoms with Crippen LogP contribution in [0.2, 0.25) is 5.15 Å². The number of rotatable bonds is 2. The molecular formula is C11H9ClFN5. The van der Waals surface area contributed by atoms with Crippen LogP contribution < -0.4 is 5.32 Å². The van der Waals surface area contributed by atoms with Gasteiger partial charge in [0.25, 0.3) is 0 Å². The first-order valence-electron chi connectivity index (χ1n) is 5.52. The molecule has 2 N–H and O–H groups in total. The molecule has 0 amide bonds. The average molecular weight is 266 g/mol. The van der Waals surface area contributed by atoms with Crippen LogP contribution in [0.25, 0.3) is 11.0 Å². The molecule has 0 unspecified atom stereocenters. The lowest BCUT2D eigenvalue weighted by molar-refractivity contribution is 0.192. The number of alkyl halides is 1. The van der Waals surface area contributed by atoms with Gasteiger partial charge in [-0.25, -0.2) is 9.37 Å². The van der Waals surface area contributed by atoms with Gasteiger partial charge in [-0.3, -0.25) is 5.10 Å². The quantitative estimate of drug-likeness (QED) is 0.818. The fraction of sp³-hybridized carbons (Fsp3) is 0.364. The zero-order valence-electron chi connectivity index (χ0n) is 9.24. The summed E-state index contributed by atoms with van der Waals surface area (Å²) in [5, 5.41) is 19.7. The number of fused-ring (bicyclic) bond motifs is 1. The third-order valence-electron chi connectivity index (χ3n) is 3.10. The Balaban J connectivity index is 2.07. The van der Waals surface area contributed by atoms with Crippen molar-refractivity contribution in [3.8, 4) is 6.07 Å². The van der Waals surface area contributed by atoms with E-state index < -0.39 is 6.17 Å². The largest absolute Gasteiger partial charge is 0.380 e. The van der Waals surface area contributed by atoms with Gasteiger partial charge in [-0.05, 0) is 12.8 Å². The highest BCUT2D eigenvalue weighted by Crippen LogP contribution is 2.33. The van der Waals surface area contributed by atoms with Crippen LogP contribution in [-0.4, -0.2) is 27.4 Å². The minimum absolute atomic E-state index is 0.0312. The van der Waals surface area contributed by atoms with E-state index in [1.54, 1.807) is 6.20 Å². The number of pyridine rings is 1. The van der Waals surface area contributed by atoms with Crippen LogP contribution >= 0.6 is 11.6 Å². The monoisotopic (exact) mass is 265 g/mol. The summed E-state index contributed by atoms with van der Waals surface area (Å²) in [5.74, 6) is 0. The lowest BCUT2D eigenvalue weighted by Crippen LogP contribution is -2.36. The summed E-state index contributed by atoms with van der Waals surface area (Å²) < 4.78 is 12.8. The number of hydrogen-bond donors (Lipinski definition) is 2. The SMILES string of the molecule is N#Cc1c(Cl)nc2[nH]ncc2c1NC1CC(F)C1. The summed E-state index contributed by atoms with van der Waals surface area (Å²) >= 11 is 5.94. The average Bonchev–Trinajstić information content (AvgIpc) is 2.74. The number of anilines is 1. The van der Waals surface area contributed by atoms with Crippen LogP contribution in [0.15, 0.2) is 6.20 Å². The Bertz CT molecular complexity index is 641. The number of hydrogen-bond acceptors (Lipinski definition) is 4. The molecule has 0 radical (unpaired) electrons. The van der Waals surface area contributed by atoms with E-state index in [-0.39, 0.29) is 16.8 Å². The van der Waals surface area contributed by atoms with E-state index in [9.17, 15) is 4.39 Å². The molecule has 0 aliphatic heterocycles. The second-order valence-electron chi connectivity index (χ2n) is 4.31. The number of nitrogens with one attached hydrogen (secondary N) is 2. The van der Waals surface area contributed by atoms with Crippen LogP contribution in [0.4, 0.5) is 10.1 Å². The summed E-state index contributed by atoms with van der Waals surface area (Å²) in [4.78, 5) is 4.04. The number of halogens is 2. The van der Waals surface area contributed by atoms with Gasteiger partial charge < -0.3 is 5.32 Å². The predicted molar refractivity (Wildman–Crippen MR) is 65.2 cm³/mol. The lowest BCUT2D eigenvalue weighted by atomic mass is 9.90. The third-order valence-corrected chi connectivity index (χ3v) is 3.37. The van der Waals surface area contributed by atoms with E-state index in [1.807, 2.05) is 6.07 Å². The number of nitrogens with zero attached hydrogens (tertiary/aromatic N) is 3. The summed E-state index contributed by atoms with van der Waals surface area (Å²) in [5.41, 5.74) is 1.36. The van der Waals surface area contributed by atoms with Gasteiger partial charge in [0.05, 0.1) is 17.3 Å². The zero-order valence-corrected chi connectivity index (χ0v) is 10.00. The molecule has 18 heavy (non-hydrogen) atoms. The molecule has 1 saturated carbocycles. The molecule has 1 fully saturated rings. The highest BCUT2D eigenvalue weighted by atomic mass is 35.5. The van der Waals surface area contributed by atoms with Gasteiger partial charge in [0.2, 0.25) is 0 Å². The second kappa shape index (κ2) is 4.10. The van der Waals surface area contributed by atoms with Crippen molar-refractivity contribution in [1.29, 1.82) is 5.26 Å². The molecule has 7 heteroatoms. The Morgan fingerprint density at radius 2 is 2.33 bits per heavy atom. The van der Waals surface area contributed by atoms with Gasteiger partial charge in [0.15, 0.2) is 10.8 Å². The normalized spacial score (nSPS) is 22.5. The summed E-state index contributed by atoms with van der Waals surface area (Å²) in [6.45, 7) is 0. The predicted octanol–water partition coefficient (Wildman–Crippen LogP) is 2.40. The number of aromatic amines is 1. The number of nitriles is 1. The van der Waals surface area contributed by atoms with E-state index in [0.29, 0.717) is 29.6 Å². The fourth-order valence-electron chi connectivity index (χ4n) is 2.06. The molecule has 1 aliphatic carbocycles. The van der Waals surface area contributed by atoms with Gasteiger partial charge in [-0.15, -0.1) is 0 Å². The molecule has 92 valence electrons. The minimum Gasteiger partial charge on any atom is -0.380 e. The Morgan fingerprint density at radius 1 is 1.56 bits per heavy atom. The summed E-state index contributed by atoms with van der Waals surface area (Å²) in [6.07, 6.45) is 1.71. The highest BCUT2D eigenvalue weighted by molar-refractivity contribution is 6.31. The molecule has 0 bridgehead atoms. The van der Waals surface area contributed by atoms with E-state index in [0.717, 1.165) is 0 Å². The lowest BCUT2D eigenvalue weighted by Gasteiger charge is -2.31. The fourth-order valence-corrected chi connectivity index (χ4v) is 2.28. The summed E-state index contributed by atoms with van der Waals surface area (Å²) in [7, 11) is 0. The zero-order chi connectivity index (χ0) is 12.7. The van der Waals surface area contributed by atoms with E-state index in [4.69, 9.17) is 16.9 Å². The molecule has 0 aromatic carbocycles. The second-order valence-corrected chi connectivity index (χ2v) is 4.66. The molecule has 2 aromatic heterocycles. The Labute approximate surface area is 107 Å². The Kier molecular flexibility index (Phi) is 2.56. The maximum absolute atomic E-state index is 12.8. The van der Waals surface area contributed by atoms with Crippen molar-refractivity contribution in [3.05, 3.63) is 16.9 Å². The van der Waals surface area contributed by atoms with Crippen LogP contribution in [0.5, 0.6) is 0 Å². The van der Waals surface area contributed by atoms with Crippen LogP contribution in [0.3, 0.4) is 0 Å². The molecule has 5 nitrogen and oxygen atoms in total. The first-order chi connectivity index (χ1) is 8.69. The van der Waals surface area contributed by atoms with Gasteiger partial charge in [0, 0.05) is 6.04 Å². The molecule has 3 rings (SSSR count). The van der Waals surface area contributed by atoms with Crippen LogP contribution in [-0.2, 0) is 0 Å². The first kappa shape index (κ1) is 11.2. The summed E-state index contributed by atoms with van der Waals surface area (Å²) in [6, 6.07) is 2.05. The van der Waals surface area contributed by atoms with E-state index in [1.165, 1.54) is 0 Å². The van der Waals surface area contributed by atoms with Crippen LogP contribution in [0.1, 0.15) is 18.4 Å². The van der Waals surface area contributed by atoms with Crippen molar-refractivity contribution >= 4 is 28.3 Å². The van der Waals surface area contributed by atoms with Gasteiger partial charge in [0.1, 0.15) is 17.8 Å². The van der Waals surface area contributed by atoms with E-state index in [2.05, 4.69) is 20.5 Å². The highest BCUT2D eigenvalue weighted by Gasteiger charge is 2.30. The molecule has 1 aliphatic rings. The van der Waals surface area contributed by atoms with Crippen molar-refractivity contribution in [2.24, 2.45) is 0 Å². The van der Waals surface area contributed by atoms with Crippen LogP contribution in [0, 0.1) is 11.3 Å². The minimum atomic E-state index is -0.759. The first-order valence-corrected chi connectivity index (χ1v) is 5.90. The Hall–Kier alpha value is -1.87. The Morgan fingerprint density at radius 3 is 3.00 bits per heavy atom. The molecule has 0 atom stereocenters. The van der Waals surface area contributed by atoms with Crippen molar-refractivity contribution in [2.45, 2.75) is 25.1 Å². The molecule has 2 heterocycles. The number of aromatic nitrogens is 3. The molecular weight excluding hydrogens is 257 g/mol. The molecule has 0 spiro atoms. The number of H-pyrrole nitrogens is 1. The van der Waals surface area contributed by atoms with Crippen molar-refractivity contribution in [2.75, 3.05) is 5.32 Å².